The molecule has 0 aromatic heterocycles. The summed E-state index contributed by atoms with van der Waals surface area (Å²) in [6.45, 7) is 0. The molecule has 0 unspecified atom stereocenters. The molecular weight excluding hydrogens is 386 g/mol. The first-order chi connectivity index (χ1) is 14.5. The number of carbonyl (C=O) groups excluding carboxylic acids is 1. The number of anilines is 1. The van der Waals surface area contributed by atoms with Crippen LogP contribution in [0, 0.1) is 0 Å². The molecular formula is C23H21NO6. The monoisotopic (exact) mass is 407 g/mol. The molecule has 0 aliphatic heterocycles. The molecule has 7 heteroatoms. The second-order valence-corrected chi connectivity index (χ2v) is 6.33. The zero-order valence-electron chi connectivity index (χ0n) is 16.8. The van der Waals surface area contributed by atoms with E-state index in [0.717, 1.165) is 16.3 Å². The van der Waals surface area contributed by atoms with Gasteiger partial charge in [-0.05, 0) is 28.5 Å². The average molecular weight is 407 g/mol. The van der Waals surface area contributed by atoms with E-state index in [1.54, 1.807) is 6.08 Å². The number of benzene rings is 3. The minimum atomic E-state index is -1.22. The van der Waals surface area contributed by atoms with Crippen molar-refractivity contribution >= 4 is 34.4 Å². The van der Waals surface area contributed by atoms with Crippen LogP contribution in [0.3, 0.4) is 0 Å². The van der Waals surface area contributed by atoms with E-state index in [-0.39, 0.29) is 28.5 Å². The first-order valence-electron chi connectivity index (χ1n) is 9.02. The Labute approximate surface area is 173 Å². The van der Waals surface area contributed by atoms with Crippen molar-refractivity contribution < 1.29 is 28.9 Å². The lowest BCUT2D eigenvalue weighted by molar-refractivity contribution is -0.115. The van der Waals surface area contributed by atoms with Gasteiger partial charge in [0.15, 0.2) is 17.3 Å². The van der Waals surface area contributed by atoms with Crippen LogP contribution in [0.2, 0.25) is 0 Å². The number of carboxylic acids is 1. The molecule has 0 aliphatic rings. The van der Waals surface area contributed by atoms with Gasteiger partial charge in [0, 0.05) is 12.1 Å². The molecule has 30 heavy (non-hydrogen) atoms. The molecule has 0 heterocycles. The maximum atomic E-state index is 12.8. The third-order valence-corrected chi connectivity index (χ3v) is 4.52. The van der Waals surface area contributed by atoms with Crippen LogP contribution in [-0.4, -0.2) is 38.3 Å². The fraction of sp³-hybridized carbons (Fsp3) is 0.130. The number of fused-ring (bicyclic) bond motifs is 1. The largest absolute Gasteiger partial charge is 0.493 e. The summed E-state index contributed by atoms with van der Waals surface area (Å²) in [4.78, 5) is 24.4. The average Bonchev–Trinajstić information content (AvgIpc) is 2.76. The molecule has 3 aromatic carbocycles. The zero-order chi connectivity index (χ0) is 21.7. The van der Waals surface area contributed by atoms with Crippen molar-refractivity contribution in [2.45, 2.75) is 0 Å². The van der Waals surface area contributed by atoms with Gasteiger partial charge in [0.2, 0.25) is 0 Å². The number of carbonyl (C=O) groups is 2. The summed E-state index contributed by atoms with van der Waals surface area (Å²) in [5.41, 5.74) is 0.695. The van der Waals surface area contributed by atoms with Crippen LogP contribution < -0.4 is 14.8 Å². The molecule has 1 amide bonds. The van der Waals surface area contributed by atoms with E-state index in [0.29, 0.717) is 0 Å². The van der Waals surface area contributed by atoms with Crippen molar-refractivity contribution in [3.05, 3.63) is 71.5 Å². The van der Waals surface area contributed by atoms with E-state index in [1.807, 2.05) is 42.5 Å². The second-order valence-electron chi connectivity index (χ2n) is 6.33. The van der Waals surface area contributed by atoms with Crippen molar-refractivity contribution in [2.24, 2.45) is 0 Å². The Balaban J connectivity index is 1.94. The number of amides is 1. The molecule has 3 rings (SSSR count). The minimum Gasteiger partial charge on any atom is -0.493 e. The summed E-state index contributed by atoms with van der Waals surface area (Å²) in [5.74, 6) is -1.26. The molecule has 0 aliphatic carbocycles. The van der Waals surface area contributed by atoms with Gasteiger partial charge in [-0.2, -0.15) is 0 Å². The Kier molecular flexibility index (Phi) is 6.22. The molecule has 0 atom stereocenters. The minimum absolute atomic E-state index is 0.0244. The quantitative estimate of drug-likeness (QED) is 0.451. The Morgan fingerprint density at radius 3 is 2.20 bits per heavy atom. The molecule has 0 saturated carbocycles. The van der Waals surface area contributed by atoms with E-state index < -0.39 is 11.9 Å². The molecule has 0 saturated heterocycles. The van der Waals surface area contributed by atoms with Crippen LogP contribution >= 0.6 is 0 Å². The fourth-order valence-corrected chi connectivity index (χ4v) is 3.01. The van der Waals surface area contributed by atoms with Gasteiger partial charge in [-0.25, -0.2) is 4.79 Å². The van der Waals surface area contributed by atoms with E-state index in [4.69, 9.17) is 14.2 Å². The Morgan fingerprint density at radius 2 is 1.57 bits per heavy atom. The van der Waals surface area contributed by atoms with Crippen LogP contribution in [0.1, 0.15) is 15.9 Å². The van der Waals surface area contributed by atoms with Crippen LogP contribution in [-0.2, 0) is 9.53 Å². The van der Waals surface area contributed by atoms with Crippen LogP contribution in [0.5, 0.6) is 11.5 Å². The van der Waals surface area contributed by atoms with Crippen LogP contribution in [0.15, 0.2) is 60.4 Å². The molecule has 0 bridgehead atoms. The van der Waals surface area contributed by atoms with Crippen LogP contribution in [0.25, 0.3) is 16.8 Å². The van der Waals surface area contributed by atoms with Crippen molar-refractivity contribution in [2.75, 3.05) is 26.6 Å². The normalized spacial score (nSPS) is 11.1. The predicted octanol–water partition coefficient (Wildman–Crippen LogP) is 4.18. The van der Waals surface area contributed by atoms with E-state index in [9.17, 15) is 14.7 Å². The topological polar surface area (TPSA) is 94.1 Å². The number of aromatic carboxylic acids is 1. The summed E-state index contributed by atoms with van der Waals surface area (Å²) in [6, 6.07) is 16.3. The number of hydrogen-bond acceptors (Lipinski definition) is 5. The van der Waals surface area contributed by atoms with E-state index >= 15 is 0 Å². The fourth-order valence-electron chi connectivity index (χ4n) is 3.01. The third kappa shape index (κ3) is 4.35. The number of ether oxygens (including phenoxy) is 3. The molecule has 154 valence electrons. The number of methoxy groups -OCH3 is 3. The predicted molar refractivity (Wildman–Crippen MR) is 114 cm³/mol. The van der Waals surface area contributed by atoms with Gasteiger partial charge in [-0.1, -0.05) is 36.4 Å². The second kappa shape index (κ2) is 9.00. The summed E-state index contributed by atoms with van der Waals surface area (Å²) < 4.78 is 15.6. The third-order valence-electron chi connectivity index (χ3n) is 4.52. The van der Waals surface area contributed by atoms with Crippen molar-refractivity contribution in [3.8, 4) is 11.5 Å². The highest BCUT2D eigenvalue weighted by Gasteiger charge is 2.20. The lowest BCUT2D eigenvalue weighted by Gasteiger charge is -2.14. The lowest BCUT2D eigenvalue weighted by atomic mass is 10.1. The van der Waals surface area contributed by atoms with Gasteiger partial charge in [0.25, 0.3) is 5.91 Å². The van der Waals surface area contributed by atoms with Crippen molar-refractivity contribution in [1.82, 2.24) is 0 Å². The zero-order valence-corrected chi connectivity index (χ0v) is 16.8. The van der Waals surface area contributed by atoms with Crippen molar-refractivity contribution in [1.29, 1.82) is 0 Å². The molecule has 0 radical (unpaired) electrons. The van der Waals surface area contributed by atoms with Gasteiger partial charge >= 0.3 is 5.97 Å². The standard InChI is InChI=1S/C23H21NO6/c1-28-19-12-17(23(26)27)18(13-20(19)29-2)24-22(25)21(30-3)11-14-8-9-15-6-4-5-7-16(15)10-14/h4-13H,1-3H3,(H,24,25)(H,26,27). The summed E-state index contributed by atoms with van der Waals surface area (Å²) in [5, 5.41) is 14.2. The first-order valence-corrected chi connectivity index (χ1v) is 9.02. The van der Waals surface area contributed by atoms with Crippen LogP contribution in [0.4, 0.5) is 5.69 Å². The molecule has 7 nitrogen and oxygen atoms in total. The van der Waals surface area contributed by atoms with Gasteiger partial charge in [0.05, 0.1) is 32.6 Å². The highest BCUT2D eigenvalue weighted by atomic mass is 16.5. The number of rotatable bonds is 7. The summed E-state index contributed by atoms with van der Waals surface area (Å²) in [7, 11) is 4.19. The van der Waals surface area contributed by atoms with Gasteiger partial charge in [0.1, 0.15) is 0 Å². The Bertz CT molecular complexity index is 1140. The van der Waals surface area contributed by atoms with E-state index in [2.05, 4.69) is 5.32 Å². The smallest absolute Gasteiger partial charge is 0.337 e. The number of hydrogen-bond donors (Lipinski definition) is 2. The highest BCUT2D eigenvalue weighted by Crippen LogP contribution is 2.33. The lowest BCUT2D eigenvalue weighted by Crippen LogP contribution is -2.18. The number of carboxylic acid groups (broad SMARTS) is 1. The summed E-state index contributed by atoms with van der Waals surface area (Å²) >= 11 is 0. The molecule has 0 fully saturated rings. The molecule has 3 aromatic rings. The van der Waals surface area contributed by atoms with E-state index in [1.165, 1.54) is 33.5 Å². The molecule has 2 N–H and O–H groups in total. The van der Waals surface area contributed by atoms with Gasteiger partial charge in [-0.3, -0.25) is 4.79 Å². The van der Waals surface area contributed by atoms with Crippen molar-refractivity contribution in [3.63, 3.8) is 0 Å². The maximum Gasteiger partial charge on any atom is 0.337 e. The Hall–Kier alpha value is -4.00. The first kappa shape index (κ1) is 20.7. The SMILES string of the molecule is COC(=Cc1ccc2ccccc2c1)C(=O)Nc1cc(OC)c(OC)cc1C(=O)O. The maximum absolute atomic E-state index is 12.8. The summed E-state index contributed by atoms with van der Waals surface area (Å²) in [6.07, 6.45) is 1.59. The van der Waals surface area contributed by atoms with Gasteiger partial charge < -0.3 is 24.6 Å². The molecule has 0 spiro atoms. The number of nitrogens with one attached hydrogen (secondary N) is 1. The van der Waals surface area contributed by atoms with Gasteiger partial charge in [-0.15, -0.1) is 0 Å². The highest BCUT2D eigenvalue weighted by molar-refractivity contribution is 6.08. The Morgan fingerprint density at radius 1 is 0.900 bits per heavy atom.